The molecule has 0 spiro atoms. The molecule has 0 bridgehead atoms. The van der Waals surface area contributed by atoms with E-state index in [1.807, 2.05) is 0 Å². The summed E-state index contributed by atoms with van der Waals surface area (Å²) in [4.78, 5) is 113. The molecule has 11 unspecified atom stereocenters. The molecule has 0 aromatic carbocycles. The first kappa shape index (κ1) is 72.7. The van der Waals surface area contributed by atoms with E-state index in [2.05, 4.69) is 76.9 Å². The van der Waals surface area contributed by atoms with Crippen molar-refractivity contribution in [1.29, 1.82) is 0 Å². The summed E-state index contributed by atoms with van der Waals surface area (Å²) in [5, 5.41) is 8.96. The molecule has 4 N–H and O–H groups in total. The average Bonchev–Trinajstić information content (AvgIpc) is 3.26. The summed E-state index contributed by atoms with van der Waals surface area (Å²) >= 11 is 0. The van der Waals surface area contributed by atoms with Gasteiger partial charge in [0.1, 0.15) is 0 Å². The number of nitrogens with one attached hydrogen (secondary N) is 2. The Hall–Kier alpha value is 0.730. The molecule has 0 saturated heterocycles. The summed E-state index contributed by atoms with van der Waals surface area (Å²) in [6, 6.07) is 0. The fourth-order valence-electron chi connectivity index (χ4n) is 3.54. The van der Waals surface area contributed by atoms with E-state index in [0.717, 1.165) is 5.54 Å². The van der Waals surface area contributed by atoms with Crippen molar-refractivity contribution in [3.63, 3.8) is 0 Å². The minimum atomic E-state index is -5.29. The molecule has 0 amide bonds. The molecule has 434 valence electrons. The molecule has 0 fully saturated rings. The highest BCUT2D eigenvalue weighted by Gasteiger charge is 2.21. The first-order chi connectivity index (χ1) is 33.1. The molecule has 0 heterocycles. The Morgan fingerprint density at radius 2 is 0.486 bits per heavy atom. The maximum atomic E-state index is 12.3. The van der Waals surface area contributed by atoms with Crippen LogP contribution in [0.1, 0.15) is 0 Å². The van der Waals surface area contributed by atoms with E-state index in [1.54, 1.807) is 0 Å². The van der Waals surface area contributed by atoms with Crippen molar-refractivity contribution in [2.75, 3.05) is 132 Å². The summed E-state index contributed by atoms with van der Waals surface area (Å²) in [5.41, 5.74) is 2.28. The molecule has 0 radical (unpaired) electrons. The van der Waals surface area contributed by atoms with Crippen molar-refractivity contribution in [2.24, 2.45) is 11.8 Å². The minimum Gasteiger partial charge on any atom is -0.756 e. The lowest BCUT2D eigenvalue weighted by Gasteiger charge is -2.27. The Kier molecular flexibility index (Phi) is 36.4. The number of hydrogen-bond acceptors (Lipinski definition) is 38. The fourth-order valence-corrected chi connectivity index (χ4v) is 9.49. The van der Waals surface area contributed by atoms with Gasteiger partial charge < -0.3 is 131 Å². The van der Waals surface area contributed by atoms with Crippen LogP contribution >= 0.6 is 70.4 Å². The van der Waals surface area contributed by atoms with Gasteiger partial charge in [0.05, 0.1) is 112 Å². The van der Waals surface area contributed by atoms with E-state index in [1.165, 1.54) is 5.54 Å². The second-order valence-corrected chi connectivity index (χ2v) is 24.7. The zero-order chi connectivity index (χ0) is 55.2. The maximum Gasteiger partial charge on any atom is 0.268 e. The van der Waals surface area contributed by atoms with Gasteiger partial charge in [-0.05, 0) is 0 Å². The number of halogens is 2. The topological polar surface area (TPSA) is 583 Å². The molecule has 0 rings (SSSR count). The van der Waals surface area contributed by atoms with Crippen LogP contribution in [0.25, 0.3) is 0 Å². The summed E-state index contributed by atoms with van der Waals surface area (Å²) in [6.07, 6.45) is 0. The van der Waals surface area contributed by atoms with Crippen LogP contribution in [0.4, 0.5) is 8.96 Å². The van der Waals surface area contributed by atoms with Gasteiger partial charge in [0.25, 0.3) is 70.4 Å². The molecule has 39 nitrogen and oxygen atoms in total. The number of hydrogen-bond donors (Lipinski definition) is 4. The third-order valence-corrected chi connectivity index (χ3v) is 14.9. The highest BCUT2D eigenvalue weighted by molar-refractivity contribution is 7.48. The second-order valence-electron chi connectivity index (χ2n) is 12.2. The van der Waals surface area contributed by atoms with Gasteiger partial charge in [-0.1, -0.05) is 0 Å². The van der Waals surface area contributed by atoms with Gasteiger partial charge in [-0.25, -0.2) is 0 Å². The summed E-state index contributed by atoms with van der Waals surface area (Å²) in [5.74, 6) is -2.26. The van der Waals surface area contributed by atoms with Crippen LogP contribution in [-0.4, -0.2) is 142 Å². The van der Waals surface area contributed by atoms with Crippen LogP contribution in [0.2, 0.25) is 0 Å². The van der Waals surface area contributed by atoms with Gasteiger partial charge in [0.2, 0.25) is 0 Å². The van der Waals surface area contributed by atoms with Gasteiger partial charge in [-0.2, -0.15) is 11.1 Å². The van der Waals surface area contributed by atoms with Crippen LogP contribution in [0.5, 0.6) is 0 Å². The Morgan fingerprint density at radius 1 is 0.319 bits per heavy atom. The number of aliphatic hydroxyl groups is 1. The van der Waals surface area contributed by atoms with Gasteiger partial charge in [0, 0.05) is 31.5 Å². The van der Waals surface area contributed by atoms with Crippen molar-refractivity contribution < 1.29 is 181 Å². The summed E-state index contributed by atoms with van der Waals surface area (Å²) < 4.78 is 202. The molecule has 11 atom stereocenters. The third-order valence-electron chi connectivity index (χ3n) is 6.47. The molecule has 0 aromatic rings. The largest absolute Gasteiger partial charge is 0.756 e. The van der Waals surface area contributed by atoms with E-state index >= 15 is 0 Å². The number of phosphoric ester groups is 9. The maximum absolute atomic E-state index is 12.3. The van der Waals surface area contributed by atoms with E-state index < -0.39 is 214 Å². The summed E-state index contributed by atoms with van der Waals surface area (Å²) in [6.45, 7) is -18.6. The van der Waals surface area contributed by atoms with Gasteiger partial charge in [-0.15, -0.1) is 8.96 Å². The quantitative estimate of drug-likeness (QED) is 0.0251. The number of rotatable bonds is 49. The lowest BCUT2D eigenvalue weighted by atomic mass is 10.2. The Labute approximate surface area is 405 Å². The number of aliphatic hydroxyl groups excluding tert-OH is 1. The minimum absolute atomic E-state index is 0.454. The van der Waals surface area contributed by atoms with Crippen molar-refractivity contribution in [3.05, 3.63) is 0 Å². The predicted molar refractivity (Wildman–Crippen MR) is 204 cm³/mol. The van der Waals surface area contributed by atoms with E-state index in [4.69, 9.17) is 10.00 Å². The first-order valence-electron chi connectivity index (χ1n) is 18.8. The highest BCUT2D eigenvalue weighted by atomic mass is 31.2. The molecule has 0 aliphatic heterocycles. The zero-order valence-electron chi connectivity index (χ0n) is 36.3. The fraction of sp³-hybridized carbons (Fsp3) is 1.00. The molecule has 0 aromatic heterocycles. The number of phosphoric acid groups is 9. The first-order valence-corrected chi connectivity index (χ1v) is 32.0. The van der Waals surface area contributed by atoms with Crippen molar-refractivity contribution in [2.45, 2.75) is 0 Å². The van der Waals surface area contributed by atoms with Crippen LogP contribution in [0, 0.1) is 11.8 Å². The Morgan fingerprint density at radius 3 is 0.667 bits per heavy atom. The van der Waals surface area contributed by atoms with Gasteiger partial charge in [-0.3, -0.25) is 41.1 Å². The van der Waals surface area contributed by atoms with Crippen LogP contribution in [-0.2, 0) is 118 Å². The van der Waals surface area contributed by atoms with Crippen molar-refractivity contribution >= 4 is 70.4 Å². The average molecular weight is 1250 g/mol. The van der Waals surface area contributed by atoms with Crippen molar-refractivity contribution in [1.82, 2.24) is 11.1 Å². The zero-order valence-corrected chi connectivity index (χ0v) is 44.3. The third kappa shape index (κ3) is 42.7. The molecule has 0 aliphatic carbocycles. The normalized spacial score (nSPS) is 20.8. The van der Waals surface area contributed by atoms with Crippen LogP contribution in [0.3, 0.4) is 0 Å². The Bertz CT molecular complexity index is 1970. The van der Waals surface area contributed by atoms with Crippen molar-refractivity contribution in [3.8, 4) is 0 Å². The molecule has 50 heteroatoms. The van der Waals surface area contributed by atoms with E-state index in [0.29, 0.717) is 0 Å². The van der Waals surface area contributed by atoms with E-state index in [-0.39, 0.29) is 0 Å². The van der Waals surface area contributed by atoms with Gasteiger partial charge in [0.15, 0.2) is 0 Å². The van der Waals surface area contributed by atoms with Gasteiger partial charge >= 0.3 is 0 Å². The van der Waals surface area contributed by atoms with Crippen LogP contribution in [0.15, 0.2) is 0 Å². The molecule has 72 heavy (non-hydrogen) atoms. The standard InChI is InChI=1S/C22H55F2N2O37P9/c23-25-15-21(17-27)18-62-71(43,44)59-13-11-57-69(39,40)55-9-7-53-67(35,36)51-5-3-49-65(31,32)47-1-2-48-66(33,34)50-4-6-52-68(37,38)54-8-10-56-70(41,42)58-12-14-60-72(45,46)63-20-22(16-26-24)19-61-64(28,29)30/h21-22,25-27H,1-20H2,(H,31,32)(H,33,34)(H,35,36)(H,37,38)(H,39,40)(H,41,42)(H,43,44)(H,45,46)(H2,28,29,30)/p-9. The smallest absolute Gasteiger partial charge is 0.268 e. The second kappa shape index (κ2) is 36.1. The highest BCUT2D eigenvalue weighted by Crippen LogP contribution is 2.46. The lowest BCUT2D eigenvalue weighted by molar-refractivity contribution is -0.238. The SMILES string of the molecule is O=P([O-])(O)OCC(CNF)COP(=O)([O-])OCCOP(=O)([O-])OCCOP(=O)([O-])OCCOP(=O)([O-])OCCOP(=O)([O-])OCCOP(=O)([O-])OCCOP(=O)([O-])OCCOP(=O)([O-])OCC(CO)CNF. The lowest BCUT2D eigenvalue weighted by Crippen LogP contribution is -2.27. The van der Waals surface area contributed by atoms with Crippen LogP contribution < -0.4 is 55.1 Å². The summed E-state index contributed by atoms with van der Waals surface area (Å²) in [7, 11) is -47.0. The Balaban J connectivity index is 4.28. The predicted octanol–water partition coefficient (Wildman–Crippen LogP) is -5.35. The monoisotopic (exact) mass is 1250 g/mol. The molecular weight excluding hydrogens is 1200 g/mol. The van der Waals surface area contributed by atoms with E-state index in [9.17, 15) is 94.1 Å². The molecular formula is C22H46F2N2O37P9-9. The molecule has 0 aliphatic rings. The molecule has 0 saturated carbocycles.